The van der Waals surface area contributed by atoms with Crippen LogP contribution in [-0.4, -0.2) is 36.9 Å². The molecular formula is C14H19BrN6O3. The summed E-state index contributed by atoms with van der Waals surface area (Å²) >= 11 is 3.47. The number of hydrogen-bond donors (Lipinski definition) is 1. The van der Waals surface area contributed by atoms with Gasteiger partial charge in [0, 0.05) is 18.8 Å². The van der Waals surface area contributed by atoms with Gasteiger partial charge in [0.1, 0.15) is 0 Å². The van der Waals surface area contributed by atoms with Crippen LogP contribution < -0.4 is 5.32 Å². The minimum Gasteiger partial charge on any atom is -0.358 e. The molecule has 2 rings (SSSR count). The van der Waals surface area contributed by atoms with Gasteiger partial charge < -0.3 is 15.4 Å². The molecule has 0 spiro atoms. The molecule has 1 N–H and O–H groups in total. The van der Waals surface area contributed by atoms with Crippen molar-refractivity contribution in [1.29, 1.82) is 0 Å². The maximum absolute atomic E-state index is 11.9. The Morgan fingerprint density at radius 2 is 2.04 bits per heavy atom. The van der Waals surface area contributed by atoms with Crippen LogP contribution in [0.25, 0.3) is 0 Å². The average molecular weight is 399 g/mol. The fraction of sp³-hybridized carbons (Fsp3) is 0.500. The van der Waals surface area contributed by atoms with Crippen molar-refractivity contribution in [1.82, 2.24) is 24.9 Å². The first kappa shape index (κ1) is 18.1. The summed E-state index contributed by atoms with van der Waals surface area (Å²) < 4.78 is 3.98. The van der Waals surface area contributed by atoms with E-state index in [9.17, 15) is 14.9 Å². The lowest BCUT2D eigenvalue weighted by molar-refractivity contribution is -0.392. The SMILES string of the molecule is Cc1cc([N+](=O)[O-])n(CC(=O)NCCCn2nc(C)c(Br)c2C)n1. The van der Waals surface area contributed by atoms with Gasteiger partial charge in [0.15, 0.2) is 6.54 Å². The molecule has 0 saturated heterocycles. The topological polar surface area (TPSA) is 108 Å². The van der Waals surface area contributed by atoms with Gasteiger partial charge in [-0.05, 0) is 48.0 Å². The monoisotopic (exact) mass is 398 g/mol. The molecule has 0 aromatic carbocycles. The van der Waals surface area contributed by atoms with Gasteiger partial charge in [0.2, 0.25) is 0 Å². The van der Waals surface area contributed by atoms with E-state index >= 15 is 0 Å². The van der Waals surface area contributed by atoms with Crippen molar-refractivity contribution in [2.24, 2.45) is 0 Å². The molecule has 1 amide bonds. The van der Waals surface area contributed by atoms with Crippen LogP contribution in [0.2, 0.25) is 0 Å². The van der Waals surface area contributed by atoms with Crippen molar-refractivity contribution in [3.8, 4) is 0 Å². The number of halogens is 1. The molecule has 2 aromatic rings. The zero-order chi connectivity index (χ0) is 17.9. The molecule has 10 heteroatoms. The number of nitro groups is 1. The predicted molar refractivity (Wildman–Crippen MR) is 90.6 cm³/mol. The third-order valence-electron chi connectivity index (χ3n) is 3.52. The average Bonchev–Trinajstić information content (AvgIpc) is 2.99. The van der Waals surface area contributed by atoms with Crippen LogP contribution in [0.1, 0.15) is 23.5 Å². The van der Waals surface area contributed by atoms with Gasteiger partial charge in [0.25, 0.3) is 5.91 Å². The fourth-order valence-electron chi connectivity index (χ4n) is 2.34. The van der Waals surface area contributed by atoms with Gasteiger partial charge >= 0.3 is 5.82 Å². The van der Waals surface area contributed by atoms with E-state index < -0.39 is 4.92 Å². The summed E-state index contributed by atoms with van der Waals surface area (Å²) in [4.78, 5) is 22.3. The van der Waals surface area contributed by atoms with Crippen molar-refractivity contribution in [2.45, 2.75) is 40.3 Å². The second-order valence-electron chi connectivity index (χ2n) is 5.47. The largest absolute Gasteiger partial charge is 0.358 e. The number of nitrogens with one attached hydrogen (secondary N) is 1. The molecule has 0 aliphatic rings. The summed E-state index contributed by atoms with van der Waals surface area (Å²) in [6.45, 7) is 6.52. The van der Waals surface area contributed by atoms with Crippen molar-refractivity contribution >= 4 is 27.7 Å². The summed E-state index contributed by atoms with van der Waals surface area (Å²) in [7, 11) is 0. The number of carbonyl (C=O) groups is 1. The second kappa shape index (κ2) is 7.56. The lowest BCUT2D eigenvalue weighted by Gasteiger charge is -2.06. The van der Waals surface area contributed by atoms with E-state index in [1.165, 1.54) is 6.07 Å². The minimum absolute atomic E-state index is 0.171. The quantitative estimate of drug-likeness (QED) is 0.435. The highest BCUT2D eigenvalue weighted by atomic mass is 79.9. The van der Waals surface area contributed by atoms with Crippen molar-refractivity contribution in [3.05, 3.63) is 37.7 Å². The molecule has 0 saturated carbocycles. The molecule has 0 bridgehead atoms. The van der Waals surface area contributed by atoms with E-state index in [1.807, 2.05) is 18.5 Å². The van der Waals surface area contributed by atoms with Crippen LogP contribution in [0.5, 0.6) is 0 Å². The zero-order valence-electron chi connectivity index (χ0n) is 13.7. The molecule has 0 radical (unpaired) electrons. The highest BCUT2D eigenvalue weighted by molar-refractivity contribution is 9.10. The van der Waals surface area contributed by atoms with Gasteiger partial charge in [-0.3, -0.25) is 9.48 Å². The van der Waals surface area contributed by atoms with E-state index in [0.717, 1.165) is 20.5 Å². The Morgan fingerprint density at radius 3 is 2.62 bits per heavy atom. The summed E-state index contributed by atoms with van der Waals surface area (Å²) in [5, 5.41) is 22.0. The van der Waals surface area contributed by atoms with Crippen molar-refractivity contribution in [2.75, 3.05) is 6.54 Å². The second-order valence-corrected chi connectivity index (χ2v) is 6.26. The Balaban J connectivity index is 1.81. The first-order chi connectivity index (χ1) is 11.3. The van der Waals surface area contributed by atoms with Crippen LogP contribution in [0.4, 0.5) is 5.82 Å². The molecule has 0 aliphatic carbocycles. The van der Waals surface area contributed by atoms with E-state index in [4.69, 9.17) is 0 Å². The molecule has 2 heterocycles. The van der Waals surface area contributed by atoms with Crippen molar-refractivity contribution in [3.63, 3.8) is 0 Å². The molecule has 130 valence electrons. The smallest absolute Gasteiger partial charge is 0.345 e. The van der Waals surface area contributed by atoms with Gasteiger partial charge in [-0.1, -0.05) is 5.10 Å². The number of hydrogen-bond acceptors (Lipinski definition) is 5. The highest BCUT2D eigenvalue weighted by Gasteiger charge is 2.19. The Hall–Kier alpha value is -2.23. The van der Waals surface area contributed by atoms with Crippen LogP contribution in [-0.2, 0) is 17.9 Å². The van der Waals surface area contributed by atoms with E-state index in [0.29, 0.717) is 25.2 Å². The van der Waals surface area contributed by atoms with Crippen LogP contribution in [0, 0.1) is 30.9 Å². The van der Waals surface area contributed by atoms with Gasteiger partial charge in [0.05, 0.1) is 21.9 Å². The van der Waals surface area contributed by atoms with Crippen LogP contribution in [0.15, 0.2) is 10.5 Å². The number of carbonyl (C=O) groups excluding carboxylic acids is 1. The van der Waals surface area contributed by atoms with Crippen LogP contribution >= 0.6 is 15.9 Å². The maximum Gasteiger partial charge on any atom is 0.345 e. The first-order valence-electron chi connectivity index (χ1n) is 7.44. The fourth-order valence-corrected chi connectivity index (χ4v) is 2.62. The van der Waals surface area contributed by atoms with Gasteiger partial charge in [-0.2, -0.15) is 5.10 Å². The Morgan fingerprint density at radius 1 is 1.33 bits per heavy atom. The summed E-state index contributed by atoms with van der Waals surface area (Å²) in [5.74, 6) is -0.495. The summed E-state index contributed by atoms with van der Waals surface area (Å²) in [6.07, 6.45) is 0.709. The molecule has 0 unspecified atom stereocenters. The molecular weight excluding hydrogens is 380 g/mol. The standard InChI is InChI=1S/C14H19BrN6O3/c1-9-7-13(21(23)24)20(17-9)8-12(22)16-5-4-6-19-11(3)14(15)10(2)18-19/h7H,4-6,8H2,1-3H3,(H,16,22). The van der Waals surface area contributed by atoms with Gasteiger partial charge in [-0.15, -0.1) is 4.68 Å². The molecule has 2 aromatic heterocycles. The highest BCUT2D eigenvalue weighted by Crippen LogP contribution is 2.19. The lowest BCUT2D eigenvalue weighted by atomic mass is 10.3. The van der Waals surface area contributed by atoms with E-state index in [1.54, 1.807) is 6.92 Å². The molecule has 0 aliphatic heterocycles. The number of aryl methyl sites for hydroxylation is 3. The Kier molecular flexibility index (Phi) is 5.71. The summed E-state index contributed by atoms with van der Waals surface area (Å²) in [5.41, 5.74) is 2.48. The first-order valence-corrected chi connectivity index (χ1v) is 8.24. The number of aromatic nitrogens is 4. The van der Waals surface area contributed by atoms with E-state index in [-0.39, 0.29) is 18.3 Å². The third-order valence-corrected chi connectivity index (χ3v) is 4.67. The number of rotatable bonds is 7. The minimum atomic E-state index is -0.548. The lowest BCUT2D eigenvalue weighted by Crippen LogP contribution is -2.29. The van der Waals surface area contributed by atoms with Crippen molar-refractivity contribution < 1.29 is 9.72 Å². The molecule has 0 atom stereocenters. The predicted octanol–water partition coefficient (Wildman–Crippen LogP) is 1.88. The maximum atomic E-state index is 11.9. The molecule has 9 nitrogen and oxygen atoms in total. The van der Waals surface area contributed by atoms with E-state index in [2.05, 4.69) is 31.4 Å². The Bertz CT molecular complexity index is 767. The molecule has 24 heavy (non-hydrogen) atoms. The Labute approximate surface area is 147 Å². The van der Waals surface area contributed by atoms with Crippen LogP contribution in [0.3, 0.4) is 0 Å². The number of amides is 1. The number of nitrogens with zero attached hydrogens (tertiary/aromatic N) is 5. The summed E-state index contributed by atoms with van der Waals surface area (Å²) in [6, 6.07) is 1.34. The molecule has 0 fully saturated rings. The normalized spacial score (nSPS) is 10.8. The van der Waals surface area contributed by atoms with Gasteiger partial charge in [-0.25, -0.2) is 0 Å². The zero-order valence-corrected chi connectivity index (χ0v) is 15.3. The third kappa shape index (κ3) is 4.19.